The summed E-state index contributed by atoms with van der Waals surface area (Å²) in [6, 6.07) is 3.68. The van der Waals surface area contributed by atoms with Crippen LogP contribution in [0.25, 0.3) is 0 Å². The first-order chi connectivity index (χ1) is 18.0. The summed E-state index contributed by atoms with van der Waals surface area (Å²) in [6.45, 7) is 11.4. The molecule has 3 fully saturated rings. The molecule has 0 aromatic heterocycles. The molecule has 1 unspecified atom stereocenters. The lowest BCUT2D eigenvalue weighted by molar-refractivity contribution is -0.155. The molecule has 1 N–H and O–H groups in total. The average molecular weight is 612 g/mol. The molecular weight excluding hydrogens is 576 g/mol. The normalized spacial score (nSPS) is 30.5. The molecular formula is C28H36BrClN2O6. The van der Waals surface area contributed by atoms with Gasteiger partial charge in [-0.2, -0.15) is 0 Å². The van der Waals surface area contributed by atoms with Crippen molar-refractivity contribution in [1.82, 2.24) is 4.90 Å². The second-order valence-electron chi connectivity index (χ2n) is 10.8. The number of hydrogen-bond acceptors (Lipinski definition) is 6. The van der Waals surface area contributed by atoms with Gasteiger partial charge in [0, 0.05) is 11.4 Å². The van der Waals surface area contributed by atoms with Crippen LogP contribution in [0.2, 0.25) is 5.02 Å². The van der Waals surface area contributed by atoms with Gasteiger partial charge < -0.3 is 24.4 Å². The van der Waals surface area contributed by atoms with Gasteiger partial charge >= 0.3 is 5.97 Å². The largest absolute Gasteiger partial charge is 0.466 e. The SMILES string of the molecule is C=CCN(C(=O)[C@@H]1N([C@@H](CO)CC(C)C)C(=O)[C@H]2[C@H](C(=O)OCC)[C@H]3O[C@@]12CC3Br)c1c(C)cccc1Cl. The fraction of sp³-hybridized carbons (Fsp3) is 0.607. The van der Waals surface area contributed by atoms with Crippen LogP contribution in [0.3, 0.4) is 0 Å². The zero-order valence-electron chi connectivity index (χ0n) is 22.2. The lowest BCUT2D eigenvalue weighted by Gasteiger charge is -2.40. The number of aliphatic hydroxyl groups excluding tert-OH is 1. The molecule has 2 bridgehead atoms. The van der Waals surface area contributed by atoms with Crippen molar-refractivity contribution in [2.24, 2.45) is 17.8 Å². The minimum Gasteiger partial charge on any atom is -0.466 e. The smallest absolute Gasteiger partial charge is 0.312 e. The number of anilines is 1. The number of carbonyl (C=O) groups excluding carboxylic acids is 3. The molecule has 2 amide bonds. The van der Waals surface area contributed by atoms with E-state index in [9.17, 15) is 19.5 Å². The van der Waals surface area contributed by atoms with Gasteiger partial charge in [0.2, 0.25) is 5.91 Å². The molecule has 1 aromatic rings. The number of alkyl halides is 1. The van der Waals surface area contributed by atoms with Crippen molar-refractivity contribution in [2.45, 2.75) is 69.2 Å². The molecule has 10 heteroatoms. The number of esters is 1. The number of likely N-dealkylation sites (tertiary alicyclic amines) is 1. The Morgan fingerprint density at radius 2 is 2.13 bits per heavy atom. The lowest BCUT2D eigenvalue weighted by atomic mass is 9.70. The van der Waals surface area contributed by atoms with E-state index in [1.165, 1.54) is 9.80 Å². The van der Waals surface area contributed by atoms with Crippen molar-refractivity contribution >= 4 is 51.0 Å². The van der Waals surface area contributed by atoms with Crippen molar-refractivity contribution < 1.29 is 29.0 Å². The Morgan fingerprint density at radius 3 is 2.71 bits per heavy atom. The van der Waals surface area contributed by atoms with Crippen LogP contribution < -0.4 is 4.90 Å². The Labute approximate surface area is 237 Å². The number of hydrogen-bond donors (Lipinski definition) is 1. The Hall–Kier alpha value is -1.94. The highest BCUT2D eigenvalue weighted by atomic mass is 79.9. The van der Waals surface area contributed by atoms with Gasteiger partial charge in [-0.1, -0.05) is 59.6 Å². The second-order valence-corrected chi connectivity index (χ2v) is 12.4. The van der Waals surface area contributed by atoms with Crippen LogP contribution >= 0.6 is 27.5 Å². The number of carbonyl (C=O) groups is 3. The van der Waals surface area contributed by atoms with E-state index in [-0.39, 0.29) is 42.3 Å². The molecule has 3 aliphatic heterocycles. The maximum atomic E-state index is 14.7. The Kier molecular flexibility index (Phi) is 8.62. The molecule has 208 valence electrons. The van der Waals surface area contributed by atoms with E-state index in [1.807, 2.05) is 32.9 Å². The van der Waals surface area contributed by atoms with E-state index >= 15 is 0 Å². The summed E-state index contributed by atoms with van der Waals surface area (Å²) in [6.07, 6.45) is 1.84. The van der Waals surface area contributed by atoms with E-state index in [0.717, 1.165) is 5.56 Å². The number of aryl methyl sites for hydroxylation is 1. The first-order valence-electron chi connectivity index (χ1n) is 13.1. The predicted octanol–water partition coefficient (Wildman–Crippen LogP) is 3.89. The molecule has 7 atom stereocenters. The number of ether oxygens (including phenoxy) is 2. The van der Waals surface area contributed by atoms with Gasteiger partial charge in [0.05, 0.1) is 47.9 Å². The fourth-order valence-electron chi connectivity index (χ4n) is 6.60. The molecule has 1 spiro atoms. The van der Waals surface area contributed by atoms with Gasteiger partial charge in [-0.3, -0.25) is 14.4 Å². The first kappa shape index (κ1) is 29.1. The third-order valence-electron chi connectivity index (χ3n) is 7.90. The quantitative estimate of drug-likeness (QED) is 0.245. The highest BCUT2D eigenvalue weighted by Crippen LogP contribution is 2.61. The van der Waals surface area contributed by atoms with Crippen LogP contribution in [0.5, 0.6) is 0 Å². The summed E-state index contributed by atoms with van der Waals surface area (Å²) >= 11 is 10.3. The maximum Gasteiger partial charge on any atom is 0.312 e. The number of amides is 2. The monoisotopic (exact) mass is 610 g/mol. The molecule has 38 heavy (non-hydrogen) atoms. The topological polar surface area (TPSA) is 96.4 Å². The number of para-hydroxylation sites is 1. The van der Waals surface area contributed by atoms with E-state index in [0.29, 0.717) is 23.6 Å². The summed E-state index contributed by atoms with van der Waals surface area (Å²) in [5, 5.41) is 10.8. The second kappa shape index (κ2) is 11.3. The van der Waals surface area contributed by atoms with Crippen LogP contribution in [0.4, 0.5) is 5.69 Å². The Morgan fingerprint density at radius 1 is 1.42 bits per heavy atom. The van der Waals surface area contributed by atoms with Crippen LogP contribution in [0, 0.1) is 24.7 Å². The van der Waals surface area contributed by atoms with E-state index < -0.39 is 41.6 Å². The van der Waals surface area contributed by atoms with Gasteiger partial charge in [0.1, 0.15) is 11.6 Å². The minimum atomic E-state index is -1.26. The molecule has 0 aliphatic carbocycles. The molecule has 4 rings (SSSR count). The van der Waals surface area contributed by atoms with E-state index in [1.54, 1.807) is 19.1 Å². The van der Waals surface area contributed by atoms with Crippen LogP contribution in [-0.2, 0) is 23.9 Å². The van der Waals surface area contributed by atoms with Gasteiger partial charge in [-0.25, -0.2) is 0 Å². The van der Waals surface area contributed by atoms with E-state index in [2.05, 4.69) is 22.5 Å². The maximum absolute atomic E-state index is 14.7. The first-order valence-corrected chi connectivity index (χ1v) is 14.4. The molecule has 3 aliphatic rings. The number of rotatable bonds is 10. The summed E-state index contributed by atoms with van der Waals surface area (Å²) in [5.74, 6) is -2.86. The number of aliphatic hydroxyl groups is 1. The zero-order valence-corrected chi connectivity index (χ0v) is 24.6. The molecule has 3 heterocycles. The van der Waals surface area contributed by atoms with Crippen molar-refractivity contribution in [3.05, 3.63) is 41.4 Å². The number of benzene rings is 1. The fourth-order valence-corrected chi connectivity index (χ4v) is 7.87. The van der Waals surface area contributed by atoms with Gasteiger partial charge in [-0.05, 0) is 44.2 Å². The van der Waals surface area contributed by atoms with Crippen molar-refractivity contribution in [1.29, 1.82) is 0 Å². The van der Waals surface area contributed by atoms with E-state index in [4.69, 9.17) is 21.1 Å². The summed E-state index contributed by atoms with van der Waals surface area (Å²) < 4.78 is 11.9. The van der Waals surface area contributed by atoms with Crippen LogP contribution in [0.15, 0.2) is 30.9 Å². The lowest BCUT2D eigenvalue weighted by Crippen LogP contribution is -2.59. The molecule has 0 saturated carbocycles. The Bertz CT molecular complexity index is 1090. The van der Waals surface area contributed by atoms with Crippen LogP contribution in [0.1, 0.15) is 39.2 Å². The third kappa shape index (κ3) is 4.59. The van der Waals surface area contributed by atoms with Crippen molar-refractivity contribution in [3.63, 3.8) is 0 Å². The van der Waals surface area contributed by atoms with Crippen molar-refractivity contribution in [2.75, 3.05) is 24.7 Å². The highest BCUT2D eigenvalue weighted by molar-refractivity contribution is 9.09. The summed E-state index contributed by atoms with van der Waals surface area (Å²) in [4.78, 5) is 44.8. The molecule has 1 aromatic carbocycles. The predicted molar refractivity (Wildman–Crippen MR) is 148 cm³/mol. The highest BCUT2D eigenvalue weighted by Gasteiger charge is 2.77. The number of fused-ring (bicyclic) bond motifs is 1. The molecule has 8 nitrogen and oxygen atoms in total. The number of halogens is 2. The zero-order chi connectivity index (χ0) is 27.9. The van der Waals surface area contributed by atoms with Gasteiger partial charge in [0.25, 0.3) is 5.91 Å². The standard InChI is InChI=1S/C28H36BrClN2O6/c1-6-11-31(22-16(5)9-8-10-19(22)30)26(35)24-28-13-18(29)23(38-28)20(27(36)37-7-2)21(28)25(34)32(24)17(14-33)12-15(3)4/h6,8-10,15,17-18,20-21,23-24,33H,1,7,11-14H2,2-5H3/t17-,18?,20+,21-,23+,24+,28-/m1/s1. The minimum absolute atomic E-state index is 0.144. The van der Waals surface area contributed by atoms with Gasteiger partial charge in [0.15, 0.2) is 0 Å². The number of nitrogens with zero attached hydrogens (tertiary/aromatic N) is 2. The third-order valence-corrected chi connectivity index (χ3v) is 9.05. The Balaban J connectivity index is 1.88. The molecule has 3 saturated heterocycles. The van der Waals surface area contributed by atoms with Crippen LogP contribution in [-0.4, -0.2) is 76.2 Å². The van der Waals surface area contributed by atoms with Crippen molar-refractivity contribution in [3.8, 4) is 0 Å². The summed E-state index contributed by atoms with van der Waals surface area (Å²) in [7, 11) is 0. The van der Waals surface area contributed by atoms with Gasteiger partial charge in [-0.15, -0.1) is 6.58 Å². The average Bonchev–Trinajstić information content (AvgIpc) is 3.45. The summed E-state index contributed by atoms with van der Waals surface area (Å²) in [5.41, 5.74) is 0.0576. The molecule has 0 radical (unpaired) electrons.